The maximum absolute atomic E-state index is 12.6. The number of para-hydroxylation sites is 1. The van der Waals surface area contributed by atoms with Gasteiger partial charge in [0.25, 0.3) is 5.91 Å². The average molecular weight is 347 g/mol. The molecule has 1 N–H and O–H groups in total. The van der Waals surface area contributed by atoms with Gasteiger partial charge < -0.3 is 19.5 Å². The maximum Gasteiger partial charge on any atom is 0.341 e. The number of thiophene rings is 1. The van der Waals surface area contributed by atoms with Crippen molar-refractivity contribution in [2.75, 3.05) is 18.7 Å². The smallest absolute Gasteiger partial charge is 0.341 e. The molecule has 0 spiro atoms. The Morgan fingerprint density at radius 2 is 2.08 bits per heavy atom. The first-order valence-corrected chi connectivity index (χ1v) is 8.31. The van der Waals surface area contributed by atoms with E-state index in [2.05, 4.69) is 5.32 Å². The molecule has 1 aliphatic rings. The van der Waals surface area contributed by atoms with Crippen LogP contribution in [0.25, 0.3) is 0 Å². The van der Waals surface area contributed by atoms with Crippen molar-refractivity contribution in [1.29, 1.82) is 0 Å². The van der Waals surface area contributed by atoms with Crippen molar-refractivity contribution in [2.24, 2.45) is 0 Å². The lowest BCUT2D eigenvalue weighted by molar-refractivity contribution is 0.0527. The summed E-state index contributed by atoms with van der Waals surface area (Å²) in [4.78, 5) is 25.8. The van der Waals surface area contributed by atoms with Gasteiger partial charge in [0.2, 0.25) is 6.79 Å². The molecule has 2 aromatic rings. The van der Waals surface area contributed by atoms with E-state index in [-0.39, 0.29) is 19.3 Å². The van der Waals surface area contributed by atoms with E-state index in [0.717, 1.165) is 10.4 Å². The summed E-state index contributed by atoms with van der Waals surface area (Å²) >= 11 is 1.35. The monoisotopic (exact) mass is 347 g/mol. The molecule has 0 fully saturated rings. The van der Waals surface area contributed by atoms with Gasteiger partial charge in [-0.2, -0.15) is 0 Å². The van der Waals surface area contributed by atoms with Crippen LogP contribution in [-0.2, 0) is 4.74 Å². The van der Waals surface area contributed by atoms with E-state index in [1.165, 1.54) is 11.3 Å². The van der Waals surface area contributed by atoms with E-state index in [9.17, 15) is 9.59 Å². The molecule has 6 nitrogen and oxygen atoms in total. The molecule has 1 amide bonds. The Kier molecular flexibility index (Phi) is 4.44. The van der Waals surface area contributed by atoms with E-state index < -0.39 is 5.97 Å². The third-order valence-corrected chi connectivity index (χ3v) is 4.86. The van der Waals surface area contributed by atoms with Crippen molar-refractivity contribution < 1.29 is 23.8 Å². The zero-order valence-corrected chi connectivity index (χ0v) is 14.4. The molecule has 0 bridgehead atoms. The molecule has 0 atom stereocenters. The van der Waals surface area contributed by atoms with Gasteiger partial charge in [0.15, 0.2) is 11.5 Å². The number of fused-ring (bicyclic) bond motifs is 1. The Bertz CT molecular complexity index is 812. The quantitative estimate of drug-likeness (QED) is 0.857. The van der Waals surface area contributed by atoms with E-state index in [1.807, 2.05) is 13.8 Å². The van der Waals surface area contributed by atoms with Crippen LogP contribution in [-0.4, -0.2) is 25.3 Å². The van der Waals surface area contributed by atoms with Gasteiger partial charge in [-0.25, -0.2) is 4.79 Å². The van der Waals surface area contributed by atoms with Crippen molar-refractivity contribution in [1.82, 2.24) is 0 Å². The lowest BCUT2D eigenvalue weighted by Crippen LogP contribution is -2.15. The Labute approximate surface area is 143 Å². The lowest BCUT2D eigenvalue weighted by Gasteiger charge is -2.08. The van der Waals surface area contributed by atoms with E-state index >= 15 is 0 Å². The van der Waals surface area contributed by atoms with Gasteiger partial charge in [-0.3, -0.25) is 4.79 Å². The Hall–Kier alpha value is -2.54. The molecule has 2 heterocycles. The summed E-state index contributed by atoms with van der Waals surface area (Å²) in [5.41, 5.74) is 1.58. The summed E-state index contributed by atoms with van der Waals surface area (Å²) in [6.07, 6.45) is 0. The van der Waals surface area contributed by atoms with Crippen LogP contribution in [0.2, 0.25) is 0 Å². The molecule has 1 aromatic heterocycles. The fourth-order valence-electron chi connectivity index (χ4n) is 2.44. The highest BCUT2D eigenvalue weighted by molar-refractivity contribution is 7.16. The Morgan fingerprint density at radius 1 is 1.29 bits per heavy atom. The first-order chi connectivity index (χ1) is 11.5. The maximum atomic E-state index is 12.6. The normalized spacial score (nSPS) is 12.1. The van der Waals surface area contributed by atoms with Crippen LogP contribution in [0.4, 0.5) is 5.00 Å². The van der Waals surface area contributed by atoms with Crippen LogP contribution < -0.4 is 14.8 Å². The first-order valence-electron chi connectivity index (χ1n) is 7.50. The van der Waals surface area contributed by atoms with Gasteiger partial charge >= 0.3 is 5.97 Å². The van der Waals surface area contributed by atoms with Gasteiger partial charge in [0.05, 0.1) is 17.7 Å². The Morgan fingerprint density at radius 3 is 2.83 bits per heavy atom. The number of carbonyl (C=O) groups is 2. The van der Waals surface area contributed by atoms with Crippen LogP contribution in [0.1, 0.15) is 38.1 Å². The highest BCUT2D eigenvalue weighted by atomic mass is 32.1. The number of hydrogen-bond acceptors (Lipinski definition) is 6. The summed E-state index contributed by atoms with van der Waals surface area (Å²) in [5.74, 6) is 0.154. The van der Waals surface area contributed by atoms with E-state index in [1.54, 1.807) is 25.1 Å². The molecule has 3 rings (SSSR count). The summed E-state index contributed by atoms with van der Waals surface area (Å²) in [6, 6.07) is 5.11. The molecular formula is C17H17NO5S. The number of benzene rings is 1. The molecule has 1 aromatic carbocycles. The highest BCUT2D eigenvalue weighted by Crippen LogP contribution is 2.37. The lowest BCUT2D eigenvalue weighted by atomic mass is 10.1. The number of nitrogens with one attached hydrogen (secondary N) is 1. The number of rotatable bonds is 4. The minimum absolute atomic E-state index is 0.0882. The van der Waals surface area contributed by atoms with Crippen molar-refractivity contribution in [3.8, 4) is 11.5 Å². The zero-order chi connectivity index (χ0) is 17.3. The summed E-state index contributed by atoms with van der Waals surface area (Å²) in [5, 5.41) is 3.28. The zero-order valence-electron chi connectivity index (χ0n) is 13.6. The fourth-order valence-corrected chi connectivity index (χ4v) is 3.49. The second kappa shape index (κ2) is 6.52. The molecular weight excluding hydrogens is 330 g/mol. The SMILES string of the molecule is CCOC(=O)c1c(NC(=O)c2cccc3c2OCO3)sc(C)c1C. The average Bonchev–Trinajstić information content (AvgIpc) is 3.12. The van der Waals surface area contributed by atoms with Crippen LogP contribution in [0, 0.1) is 13.8 Å². The van der Waals surface area contributed by atoms with Crippen molar-refractivity contribution >= 4 is 28.2 Å². The van der Waals surface area contributed by atoms with Crippen LogP contribution in [0.5, 0.6) is 11.5 Å². The molecule has 24 heavy (non-hydrogen) atoms. The van der Waals surface area contributed by atoms with Gasteiger partial charge in [-0.15, -0.1) is 11.3 Å². The minimum Gasteiger partial charge on any atom is -0.462 e. The molecule has 0 radical (unpaired) electrons. The third kappa shape index (κ3) is 2.82. The second-order valence-corrected chi connectivity index (χ2v) is 6.43. The number of ether oxygens (including phenoxy) is 3. The largest absolute Gasteiger partial charge is 0.462 e. The first kappa shape index (κ1) is 16.3. The van der Waals surface area contributed by atoms with Crippen molar-refractivity contribution in [3.05, 3.63) is 39.8 Å². The fraction of sp³-hybridized carbons (Fsp3) is 0.294. The highest BCUT2D eigenvalue weighted by Gasteiger charge is 2.25. The predicted molar refractivity (Wildman–Crippen MR) is 90.3 cm³/mol. The predicted octanol–water partition coefficient (Wildman–Crippen LogP) is 3.52. The summed E-state index contributed by atoms with van der Waals surface area (Å²) in [7, 11) is 0. The van der Waals surface area contributed by atoms with Gasteiger partial charge in [-0.1, -0.05) is 6.07 Å². The molecule has 1 aliphatic heterocycles. The Balaban J connectivity index is 1.92. The molecule has 0 saturated carbocycles. The van der Waals surface area contributed by atoms with Crippen LogP contribution in [0.15, 0.2) is 18.2 Å². The molecule has 0 unspecified atom stereocenters. The van der Waals surface area contributed by atoms with Gasteiger partial charge in [0.1, 0.15) is 5.00 Å². The second-order valence-electron chi connectivity index (χ2n) is 5.20. The molecule has 7 heteroatoms. The third-order valence-electron chi connectivity index (χ3n) is 3.73. The van der Waals surface area contributed by atoms with E-state index in [4.69, 9.17) is 14.2 Å². The number of esters is 1. The molecule has 126 valence electrons. The number of amides is 1. The number of carbonyl (C=O) groups excluding carboxylic acids is 2. The van der Waals surface area contributed by atoms with E-state index in [0.29, 0.717) is 27.6 Å². The number of hydrogen-bond donors (Lipinski definition) is 1. The van der Waals surface area contributed by atoms with Crippen LogP contribution >= 0.6 is 11.3 Å². The van der Waals surface area contributed by atoms with Gasteiger partial charge in [-0.05, 0) is 38.5 Å². The number of anilines is 1. The van der Waals surface area contributed by atoms with Crippen molar-refractivity contribution in [2.45, 2.75) is 20.8 Å². The molecule has 0 saturated heterocycles. The van der Waals surface area contributed by atoms with Crippen LogP contribution in [0.3, 0.4) is 0 Å². The summed E-state index contributed by atoms with van der Waals surface area (Å²) < 4.78 is 15.7. The van der Waals surface area contributed by atoms with Crippen molar-refractivity contribution in [3.63, 3.8) is 0 Å². The summed E-state index contributed by atoms with van der Waals surface area (Å²) in [6.45, 7) is 5.85. The topological polar surface area (TPSA) is 73.9 Å². The van der Waals surface area contributed by atoms with Gasteiger partial charge in [0, 0.05) is 4.88 Å². The standard InChI is InChI=1S/C17H17NO5S/c1-4-21-17(20)13-9(2)10(3)24-16(13)18-15(19)11-6-5-7-12-14(11)23-8-22-12/h5-7H,4,8H2,1-3H3,(H,18,19). The number of aryl methyl sites for hydroxylation is 1. The molecule has 0 aliphatic carbocycles. The minimum atomic E-state index is -0.437.